The molecule has 0 unspecified atom stereocenters. The van der Waals surface area contributed by atoms with E-state index < -0.39 is 5.82 Å². The average Bonchev–Trinajstić information content (AvgIpc) is 2.79. The van der Waals surface area contributed by atoms with Gasteiger partial charge in [-0.15, -0.1) is 0 Å². The monoisotopic (exact) mass is 514 g/mol. The first-order chi connectivity index (χ1) is 16.4. The predicted molar refractivity (Wildman–Crippen MR) is 141 cm³/mol. The van der Waals surface area contributed by atoms with Gasteiger partial charge in [0.25, 0.3) is 5.56 Å². The second kappa shape index (κ2) is 10.1. The van der Waals surface area contributed by atoms with Crippen LogP contribution in [0.2, 0.25) is 0 Å². The highest BCUT2D eigenvalue weighted by Gasteiger charge is 2.49. The third-order valence-electron chi connectivity index (χ3n) is 6.68. The Labute approximate surface area is 214 Å². The molecule has 2 aliphatic rings. The van der Waals surface area contributed by atoms with E-state index in [1.807, 2.05) is 24.3 Å². The Morgan fingerprint density at radius 2 is 2.14 bits per heavy atom. The molecule has 2 fully saturated rings. The van der Waals surface area contributed by atoms with Crippen LogP contribution in [-0.4, -0.2) is 40.5 Å². The fraction of sp³-hybridized carbons (Fsp3) is 0.375. The molecule has 1 aliphatic carbocycles. The Balaban J connectivity index is 0.00000289. The van der Waals surface area contributed by atoms with Crippen molar-refractivity contribution in [2.75, 3.05) is 31.4 Å². The number of nitrogens with zero attached hydrogens (tertiary/aromatic N) is 4. The standard InChI is InChI=1S/C24H25FN6O2S.H2S/c1-3-30(2)34-29-21-7-5-19(25)22(18(21)11-26)33-16-4-6-20-17(8-16)23(32)31(14-28-20)15-9-24(10-15)12-27-13-24;/h4-8,14-15,27,29H,3,9-10,12-13H2,1-2H3;1H2. The summed E-state index contributed by atoms with van der Waals surface area (Å²) in [6, 6.07) is 9.79. The van der Waals surface area contributed by atoms with Crippen LogP contribution in [-0.2, 0) is 0 Å². The average molecular weight is 515 g/mol. The first kappa shape index (κ1) is 25.3. The summed E-state index contributed by atoms with van der Waals surface area (Å²) in [7, 11) is 1.90. The Hall–Kier alpha value is -2.78. The van der Waals surface area contributed by atoms with Crippen LogP contribution in [0.25, 0.3) is 10.9 Å². The van der Waals surface area contributed by atoms with E-state index in [-0.39, 0.29) is 42.2 Å². The minimum Gasteiger partial charge on any atom is -0.453 e. The zero-order valence-electron chi connectivity index (χ0n) is 19.5. The Kier molecular flexibility index (Phi) is 7.28. The van der Waals surface area contributed by atoms with Gasteiger partial charge in [0.2, 0.25) is 0 Å². The van der Waals surface area contributed by atoms with Gasteiger partial charge in [0.05, 0.1) is 22.9 Å². The molecule has 8 nitrogen and oxygen atoms in total. The van der Waals surface area contributed by atoms with Crippen molar-refractivity contribution in [3.05, 3.63) is 58.4 Å². The van der Waals surface area contributed by atoms with Crippen LogP contribution in [0.5, 0.6) is 11.5 Å². The number of halogens is 1. The SMILES string of the molecule is CCN(C)SNc1ccc(F)c(Oc2ccc3ncn(C4CC5(CNC5)C4)c(=O)c3c2)c1C#N.S. The summed E-state index contributed by atoms with van der Waals surface area (Å²) < 4.78 is 27.2. The quantitative estimate of drug-likeness (QED) is 0.454. The summed E-state index contributed by atoms with van der Waals surface area (Å²) in [4.78, 5) is 17.7. The first-order valence-corrected chi connectivity index (χ1v) is 12.0. The fourth-order valence-electron chi connectivity index (χ4n) is 4.50. The van der Waals surface area contributed by atoms with Crippen LogP contribution in [0.4, 0.5) is 10.1 Å². The highest BCUT2D eigenvalue weighted by atomic mass is 32.2. The van der Waals surface area contributed by atoms with Crippen molar-refractivity contribution in [3.63, 3.8) is 0 Å². The Bertz CT molecular complexity index is 1350. The molecule has 1 saturated heterocycles. The van der Waals surface area contributed by atoms with E-state index in [9.17, 15) is 14.4 Å². The number of hydrogen-bond acceptors (Lipinski definition) is 8. The molecular formula is C24H27FN6O2S2. The number of nitriles is 1. The number of nitrogens with one attached hydrogen (secondary N) is 2. The third-order valence-corrected chi connectivity index (χ3v) is 7.56. The lowest BCUT2D eigenvalue weighted by atomic mass is 9.61. The maximum atomic E-state index is 14.7. The van der Waals surface area contributed by atoms with Gasteiger partial charge in [-0.1, -0.05) is 6.92 Å². The van der Waals surface area contributed by atoms with Crippen molar-refractivity contribution in [3.8, 4) is 17.6 Å². The van der Waals surface area contributed by atoms with Crippen LogP contribution in [0.3, 0.4) is 0 Å². The number of ether oxygens (including phenoxy) is 1. The summed E-state index contributed by atoms with van der Waals surface area (Å²) in [5.41, 5.74) is 1.23. The van der Waals surface area contributed by atoms with Gasteiger partial charge in [0.15, 0.2) is 11.6 Å². The van der Waals surface area contributed by atoms with Crippen LogP contribution in [0.1, 0.15) is 31.4 Å². The van der Waals surface area contributed by atoms with E-state index in [1.54, 1.807) is 29.1 Å². The molecule has 0 radical (unpaired) electrons. The molecule has 1 spiro atoms. The summed E-state index contributed by atoms with van der Waals surface area (Å²) >= 11 is 1.30. The van der Waals surface area contributed by atoms with Gasteiger partial charge in [-0.05, 0) is 55.6 Å². The van der Waals surface area contributed by atoms with Crippen LogP contribution in [0.15, 0.2) is 41.5 Å². The maximum Gasteiger partial charge on any atom is 0.261 e. The molecule has 0 atom stereocenters. The molecule has 2 N–H and O–H groups in total. The van der Waals surface area contributed by atoms with Gasteiger partial charge in [0, 0.05) is 37.8 Å². The molecule has 11 heteroatoms. The molecule has 2 heterocycles. The molecule has 5 rings (SSSR count). The first-order valence-electron chi connectivity index (χ1n) is 11.2. The summed E-state index contributed by atoms with van der Waals surface area (Å²) in [6.45, 7) is 4.79. The summed E-state index contributed by atoms with van der Waals surface area (Å²) in [5, 5.41) is 13.4. The molecule has 1 aromatic heterocycles. The topological polar surface area (TPSA) is 95.2 Å². The number of aromatic nitrogens is 2. The smallest absolute Gasteiger partial charge is 0.261 e. The van der Waals surface area contributed by atoms with Crippen molar-refractivity contribution >= 4 is 42.2 Å². The van der Waals surface area contributed by atoms with Crippen LogP contribution < -0.4 is 20.3 Å². The highest BCUT2D eigenvalue weighted by Crippen LogP contribution is 2.50. The largest absolute Gasteiger partial charge is 0.453 e. The lowest BCUT2D eigenvalue weighted by Gasteiger charge is -2.54. The van der Waals surface area contributed by atoms with Gasteiger partial charge in [0.1, 0.15) is 17.4 Å². The van der Waals surface area contributed by atoms with E-state index in [0.29, 0.717) is 22.0 Å². The van der Waals surface area contributed by atoms with Gasteiger partial charge < -0.3 is 14.8 Å². The fourth-order valence-corrected chi connectivity index (χ4v) is 5.06. The van der Waals surface area contributed by atoms with Crippen molar-refractivity contribution in [1.29, 1.82) is 5.26 Å². The number of fused-ring (bicyclic) bond motifs is 1. The number of anilines is 1. The van der Waals surface area contributed by atoms with Crippen molar-refractivity contribution < 1.29 is 9.13 Å². The zero-order chi connectivity index (χ0) is 23.9. The lowest BCUT2D eigenvalue weighted by molar-refractivity contribution is 0.00590. The molecule has 2 aromatic carbocycles. The van der Waals surface area contributed by atoms with Crippen molar-refractivity contribution in [1.82, 2.24) is 19.2 Å². The van der Waals surface area contributed by atoms with Gasteiger partial charge >= 0.3 is 0 Å². The molecule has 1 aliphatic heterocycles. The Morgan fingerprint density at radius 3 is 2.80 bits per heavy atom. The molecule has 0 bridgehead atoms. The number of benzene rings is 2. The second-order valence-corrected chi connectivity index (χ2v) is 9.96. The maximum absolute atomic E-state index is 14.7. The Morgan fingerprint density at radius 1 is 1.37 bits per heavy atom. The second-order valence-electron chi connectivity index (χ2n) is 8.95. The van der Waals surface area contributed by atoms with Gasteiger partial charge in [-0.25, -0.2) is 13.7 Å². The molecule has 1 saturated carbocycles. The van der Waals surface area contributed by atoms with Gasteiger partial charge in [-0.3, -0.25) is 9.36 Å². The minimum absolute atomic E-state index is 0. The van der Waals surface area contributed by atoms with E-state index in [2.05, 4.69) is 15.0 Å². The van der Waals surface area contributed by atoms with Crippen LogP contribution in [0, 0.1) is 22.6 Å². The minimum atomic E-state index is -0.659. The number of rotatable bonds is 7. The van der Waals surface area contributed by atoms with E-state index in [0.717, 1.165) is 32.5 Å². The highest BCUT2D eigenvalue weighted by molar-refractivity contribution is 7.98. The number of hydrogen-bond donors (Lipinski definition) is 2. The van der Waals surface area contributed by atoms with E-state index in [4.69, 9.17) is 4.74 Å². The molecule has 35 heavy (non-hydrogen) atoms. The van der Waals surface area contributed by atoms with Gasteiger partial charge in [-0.2, -0.15) is 18.8 Å². The molecule has 184 valence electrons. The third kappa shape index (κ3) is 4.71. The van der Waals surface area contributed by atoms with Crippen molar-refractivity contribution in [2.45, 2.75) is 25.8 Å². The van der Waals surface area contributed by atoms with Crippen molar-refractivity contribution in [2.24, 2.45) is 5.41 Å². The zero-order valence-corrected chi connectivity index (χ0v) is 21.3. The van der Waals surface area contributed by atoms with Crippen LogP contribution >= 0.6 is 25.6 Å². The lowest BCUT2D eigenvalue weighted by Crippen LogP contribution is -2.61. The summed E-state index contributed by atoms with van der Waals surface area (Å²) in [5.74, 6) is -0.578. The molecule has 3 aromatic rings. The predicted octanol–water partition coefficient (Wildman–Crippen LogP) is 4.16. The normalized spacial score (nSPS) is 16.3. The van der Waals surface area contributed by atoms with E-state index in [1.165, 1.54) is 24.3 Å². The summed E-state index contributed by atoms with van der Waals surface area (Å²) in [6.07, 6.45) is 3.54. The molecular weight excluding hydrogens is 487 g/mol. The van der Waals surface area contributed by atoms with E-state index >= 15 is 0 Å². The molecule has 0 amide bonds.